The molecule has 26 heavy (non-hydrogen) atoms. The zero-order chi connectivity index (χ0) is 17.9. The molecule has 4 rings (SSSR count). The van der Waals surface area contributed by atoms with Crippen LogP contribution >= 0.6 is 0 Å². The van der Waals surface area contributed by atoms with Crippen LogP contribution in [0, 0.1) is 0 Å². The molecule has 1 aliphatic heterocycles. The molecular weight excluding hydrogens is 328 g/mol. The number of nitrogens with zero attached hydrogens (tertiary/aromatic N) is 3. The standard InChI is InChI=1S/C20H16N4O2/c25-20(23-26)17-7-5-14(6-8-17)13-24-18-15(3-1-11-21-18)9-10-16-4-2-12-22-19(16)24/h1-12,26H,13H2,(H,23,25). The summed E-state index contributed by atoms with van der Waals surface area (Å²) in [5.74, 6) is 1.13. The topological polar surface area (TPSA) is 78.4 Å². The fourth-order valence-corrected chi connectivity index (χ4v) is 2.97. The first-order valence-corrected chi connectivity index (χ1v) is 8.15. The summed E-state index contributed by atoms with van der Waals surface area (Å²) in [6.07, 6.45) is 7.61. The van der Waals surface area contributed by atoms with Crippen molar-refractivity contribution in [2.75, 3.05) is 4.90 Å². The number of fused-ring (bicyclic) bond motifs is 2. The molecule has 2 N–H and O–H groups in total. The molecule has 0 saturated carbocycles. The first-order valence-electron chi connectivity index (χ1n) is 8.15. The van der Waals surface area contributed by atoms with Gasteiger partial charge in [-0.3, -0.25) is 10.0 Å². The number of aromatic nitrogens is 2. The summed E-state index contributed by atoms with van der Waals surface area (Å²) >= 11 is 0. The van der Waals surface area contributed by atoms with Gasteiger partial charge in [0, 0.05) is 29.1 Å². The lowest BCUT2D eigenvalue weighted by molar-refractivity contribution is 0.0706. The van der Waals surface area contributed by atoms with Crippen molar-refractivity contribution in [1.29, 1.82) is 0 Å². The molecule has 1 amide bonds. The van der Waals surface area contributed by atoms with Gasteiger partial charge in [-0.2, -0.15) is 0 Å². The van der Waals surface area contributed by atoms with E-state index in [9.17, 15) is 4.79 Å². The minimum atomic E-state index is -0.533. The third-order valence-electron chi connectivity index (χ3n) is 4.25. The molecule has 3 heterocycles. The lowest BCUT2D eigenvalue weighted by atomic mass is 10.1. The minimum absolute atomic E-state index is 0.394. The number of hydrogen-bond donors (Lipinski definition) is 2. The maximum Gasteiger partial charge on any atom is 0.274 e. The number of carbonyl (C=O) groups excluding carboxylic acids is 1. The Morgan fingerprint density at radius 1 is 0.923 bits per heavy atom. The minimum Gasteiger partial charge on any atom is -0.306 e. The van der Waals surface area contributed by atoms with Crippen molar-refractivity contribution in [3.63, 3.8) is 0 Å². The predicted octanol–water partition coefficient (Wildman–Crippen LogP) is 3.42. The smallest absolute Gasteiger partial charge is 0.274 e. The van der Waals surface area contributed by atoms with Gasteiger partial charge < -0.3 is 4.90 Å². The average Bonchev–Trinajstić information content (AvgIpc) is 2.86. The van der Waals surface area contributed by atoms with Gasteiger partial charge in [-0.05, 0) is 42.0 Å². The Kier molecular flexibility index (Phi) is 4.17. The predicted molar refractivity (Wildman–Crippen MR) is 98.9 cm³/mol. The highest BCUT2D eigenvalue weighted by molar-refractivity contribution is 5.93. The number of amides is 1. The molecule has 0 aliphatic carbocycles. The summed E-state index contributed by atoms with van der Waals surface area (Å²) in [6, 6.07) is 14.9. The number of rotatable bonds is 3. The molecule has 3 aromatic rings. The molecule has 0 spiro atoms. The molecule has 2 aromatic heterocycles. The molecule has 6 nitrogen and oxygen atoms in total. The van der Waals surface area contributed by atoms with Gasteiger partial charge in [0.15, 0.2) is 0 Å². The van der Waals surface area contributed by atoms with E-state index in [1.807, 2.05) is 48.6 Å². The van der Waals surface area contributed by atoms with E-state index >= 15 is 0 Å². The Bertz CT molecular complexity index is 934. The molecular formula is C20H16N4O2. The molecule has 0 bridgehead atoms. The molecule has 0 radical (unpaired) electrons. The van der Waals surface area contributed by atoms with Crippen molar-refractivity contribution >= 4 is 29.7 Å². The van der Waals surface area contributed by atoms with Gasteiger partial charge in [0.05, 0.1) is 6.54 Å². The number of hydrogen-bond acceptors (Lipinski definition) is 5. The van der Waals surface area contributed by atoms with Crippen LogP contribution in [0.4, 0.5) is 11.6 Å². The van der Waals surface area contributed by atoms with E-state index in [-0.39, 0.29) is 0 Å². The second-order valence-electron chi connectivity index (χ2n) is 5.89. The molecule has 1 aromatic carbocycles. The molecule has 0 atom stereocenters. The van der Waals surface area contributed by atoms with Gasteiger partial charge in [0.1, 0.15) is 11.6 Å². The summed E-state index contributed by atoms with van der Waals surface area (Å²) in [7, 11) is 0. The van der Waals surface area contributed by atoms with E-state index in [0.717, 1.165) is 28.3 Å². The van der Waals surface area contributed by atoms with Crippen LogP contribution in [0.3, 0.4) is 0 Å². The highest BCUT2D eigenvalue weighted by atomic mass is 16.5. The van der Waals surface area contributed by atoms with Gasteiger partial charge >= 0.3 is 0 Å². The van der Waals surface area contributed by atoms with Gasteiger partial charge in [0.2, 0.25) is 0 Å². The monoisotopic (exact) mass is 344 g/mol. The highest BCUT2D eigenvalue weighted by Gasteiger charge is 2.20. The fraction of sp³-hybridized carbons (Fsp3) is 0.0500. The van der Waals surface area contributed by atoms with E-state index in [1.54, 1.807) is 30.0 Å². The molecule has 128 valence electrons. The van der Waals surface area contributed by atoms with Crippen LogP contribution in [0.2, 0.25) is 0 Å². The average molecular weight is 344 g/mol. The van der Waals surface area contributed by atoms with Crippen molar-refractivity contribution < 1.29 is 10.0 Å². The van der Waals surface area contributed by atoms with Gasteiger partial charge in [-0.25, -0.2) is 15.4 Å². The summed E-state index contributed by atoms with van der Waals surface area (Å²) in [5, 5.41) is 8.74. The van der Waals surface area contributed by atoms with Gasteiger partial charge in [0.25, 0.3) is 5.91 Å². The molecule has 1 aliphatic rings. The zero-order valence-corrected chi connectivity index (χ0v) is 13.8. The third-order valence-corrected chi connectivity index (χ3v) is 4.25. The SMILES string of the molecule is O=C(NO)c1ccc(CN2c3ncccc3C=Cc3cccnc32)cc1. The van der Waals surface area contributed by atoms with Crippen molar-refractivity contribution in [2.24, 2.45) is 0 Å². The zero-order valence-electron chi connectivity index (χ0n) is 13.8. The summed E-state index contributed by atoms with van der Waals surface area (Å²) in [5.41, 5.74) is 5.06. The lowest BCUT2D eigenvalue weighted by Gasteiger charge is -2.24. The second-order valence-corrected chi connectivity index (χ2v) is 5.89. The van der Waals surface area contributed by atoms with E-state index in [4.69, 9.17) is 5.21 Å². The van der Waals surface area contributed by atoms with Gasteiger partial charge in [-0.1, -0.05) is 24.3 Å². The number of benzene rings is 1. The van der Waals surface area contributed by atoms with Crippen LogP contribution in [0.25, 0.3) is 12.2 Å². The number of carbonyl (C=O) groups is 1. The first kappa shape index (κ1) is 16.0. The Labute approximate surface area is 150 Å². The quantitative estimate of drug-likeness (QED) is 0.562. The third kappa shape index (κ3) is 2.94. The van der Waals surface area contributed by atoms with Crippen molar-refractivity contribution in [1.82, 2.24) is 15.4 Å². The second kappa shape index (κ2) is 6.78. The molecule has 0 saturated heterocycles. The van der Waals surface area contributed by atoms with Crippen LogP contribution in [0.1, 0.15) is 27.0 Å². The van der Waals surface area contributed by atoms with Crippen LogP contribution in [-0.2, 0) is 6.54 Å². The van der Waals surface area contributed by atoms with Crippen LogP contribution < -0.4 is 10.4 Å². The van der Waals surface area contributed by atoms with Gasteiger partial charge in [-0.15, -0.1) is 0 Å². The summed E-state index contributed by atoms with van der Waals surface area (Å²) in [6.45, 7) is 0.552. The van der Waals surface area contributed by atoms with Crippen molar-refractivity contribution in [3.8, 4) is 0 Å². The number of nitrogens with one attached hydrogen (secondary N) is 1. The van der Waals surface area contributed by atoms with Crippen molar-refractivity contribution in [2.45, 2.75) is 6.54 Å². The maximum absolute atomic E-state index is 11.5. The first-order chi connectivity index (χ1) is 12.8. The largest absolute Gasteiger partial charge is 0.306 e. The van der Waals surface area contributed by atoms with E-state index < -0.39 is 5.91 Å². The summed E-state index contributed by atoms with van der Waals surface area (Å²) < 4.78 is 0. The number of anilines is 2. The van der Waals surface area contributed by atoms with E-state index in [1.165, 1.54) is 0 Å². The molecule has 0 unspecified atom stereocenters. The summed E-state index contributed by atoms with van der Waals surface area (Å²) in [4.78, 5) is 22.7. The number of hydroxylamine groups is 1. The Hall–Kier alpha value is -3.51. The lowest BCUT2D eigenvalue weighted by Crippen LogP contribution is -2.21. The fourth-order valence-electron chi connectivity index (χ4n) is 2.97. The Balaban J connectivity index is 1.74. The van der Waals surface area contributed by atoms with Crippen LogP contribution in [0.15, 0.2) is 60.9 Å². The molecule has 6 heteroatoms. The van der Waals surface area contributed by atoms with E-state index in [0.29, 0.717) is 12.1 Å². The Morgan fingerprint density at radius 3 is 2.04 bits per heavy atom. The van der Waals surface area contributed by atoms with E-state index in [2.05, 4.69) is 14.9 Å². The number of pyridine rings is 2. The highest BCUT2D eigenvalue weighted by Crippen LogP contribution is 2.34. The Morgan fingerprint density at radius 2 is 1.50 bits per heavy atom. The van der Waals surface area contributed by atoms with Crippen molar-refractivity contribution in [3.05, 3.63) is 83.2 Å². The van der Waals surface area contributed by atoms with Crippen LogP contribution in [-0.4, -0.2) is 21.1 Å². The maximum atomic E-state index is 11.5. The molecule has 0 fully saturated rings. The van der Waals surface area contributed by atoms with Crippen LogP contribution in [0.5, 0.6) is 0 Å². The normalized spacial score (nSPS) is 12.1.